The summed E-state index contributed by atoms with van der Waals surface area (Å²) >= 11 is 0. The predicted octanol–water partition coefficient (Wildman–Crippen LogP) is 2.13. The molecule has 5 heteroatoms. The molecule has 0 aliphatic heterocycles. The van der Waals surface area contributed by atoms with E-state index < -0.39 is 0 Å². The highest BCUT2D eigenvalue weighted by molar-refractivity contribution is 5.48. The molecule has 1 aliphatic rings. The fourth-order valence-electron chi connectivity index (χ4n) is 1.57. The SMILES string of the molecule is CCC(C)Oc1nc(C2CC2)nc(NN)c1C. The smallest absolute Gasteiger partial charge is 0.222 e. The maximum atomic E-state index is 5.81. The summed E-state index contributed by atoms with van der Waals surface area (Å²) < 4.78 is 5.81. The number of rotatable bonds is 5. The Morgan fingerprint density at radius 1 is 1.47 bits per heavy atom. The van der Waals surface area contributed by atoms with Crippen LogP contribution in [0.25, 0.3) is 0 Å². The van der Waals surface area contributed by atoms with Gasteiger partial charge in [-0.1, -0.05) is 6.92 Å². The van der Waals surface area contributed by atoms with Gasteiger partial charge in [-0.2, -0.15) is 4.98 Å². The molecular weight excluding hydrogens is 216 g/mol. The first-order chi connectivity index (χ1) is 8.15. The largest absolute Gasteiger partial charge is 0.474 e. The first-order valence-electron chi connectivity index (χ1n) is 6.17. The molecule has 0 saturated heterocycles. The zero-order chi connectivity index (χ0) is 12.4. The van der Waals surface area contributed by atoms with Crippen LogP contribution in [0.15, 0.2) is 0 Å². The molecule has 1 aromatic rings. The summed E-state index contributed by atoms with van der Waals surface area (Å²) in [5, 5.41) is 0. The lowest BCUT2D eigenvalue weighted by molar-refractivity contribution is 0.206. The van der Waals surface area contributed by atoms with Gasteiger partial charge in [0.25, 0.3) is 0 Å². The minimum atomic E-state index is 0.154. The number of hydrogen-bond donors (Lipinski definition) is 2. The highest BCUT2D eigenvalue weighted by Gasteiger charge is 2.28. The molecule has 1 fully saturated rings. The second kappa shape index (κ2) is 4.87. The van der Waals surface area contributed by atoms with Crippen molar-refractivity contribution in [1.29, 1.82) is 0 Å². The molecule has 17 heavy (non-hydrogen) atoms. The first kappa shape index (κ1) is 12.1. The molecular formula is C12H20N4O. The molecule has 0 amide bonds. The summed E-state index contributed by atoms with van der Waals surface area (Å²) in [6.07, 6.45) is 3.43. The Kier molecular flexibility index (Phi) is 3.47. The summed E-state index contributed by atoms with van der Waals surface area (Å²) in [5.74, 6) is 8.14. The third kappa shape index (κ3) is 2.66. The Hall–Kier alpha value is -1.36. The van der Waals surface area contributed by atoms with Crippen molar-refractivity contribution in [1.82, 2.24) is 9.97 Å². The molecule has 1 atom stereocenters. The first-order valence-corrected chi connectivity index (χ1v) is 6.17. The molecule has 5 nitrogen and oxygen atoms in total. The van der Waals surface area contributed by atoms with Crippen LogP contribution in [0.3, 0.4) is 0 Å². The zero-order valence-corrected chi connectivity index (χ0v) is 10.7. The van der Waals surface area contributed by atoms with E-state index in [0.29, 0.717) is 17.6 Å². The Labute approximate surface area is 102 Å². The predicted molar refractivity (Wildman–Crippen MR) is 66.9 cm³/mol. The van der Waals surface area contributed by atoms with E-state index in [0.717, 1.165) is 30.7 Å². The lowest BCUT2D eigenvalue weighted by Gasteiger charge is -2.16. The van der Waals surface area contributed by atoms with E-state index in [1.54, 1.807) is 0 Å². The molecule has 3 N–H and O–H groups in total. The van der Waals surface area contributed by atoms with Crippen molar-refractivity contribution >= 4 is 5.82 Å². The van der Waals surface area contributed by atoms with E-state index in [1.165, 1.54) is 0 Å². The Balaban J connectivity index is 2.30. The molecule has 0 bridgehead atoms. The van der Waals surface area contributed by atoms with Crippen LogP contribution < -0.4 is 16.0 Å². The minimum absolute atomic E-state index is 0.154. The highest BCUT2D eigenvalue weighted by Crippen LogP contribution is 2.39. The fourth-order valence-corrected chi connectivity index (χ4v) is 1.57. The van der Waals surface area contributed by atoms with Crippen LogP contribution in [-0.2, 0) is 0 Å². The Morgan fingerprint density at radius 3 is 2.71 bits per heavy atom. The Bertz CT molecular complexity index is 404. The fraction of sp³-hybridized carbons (Fsp3) is 0.667. The number of hydrazine groups is 1. The molecule has 1 aliphatic carbocycles. The summed E-state index contributed by atoms with van der Waals surface area (Å²) in [5.41, 5.74) is 3.49. The van der Waals surface area contributed by atoms with E-state index >= 15 is 0 Å². The molecule has 94 valence electrons. The van der Waals surface area contributed by atoms with Crippen LogP contribution >= 0.6 is 0 Å². The number of aromatic nitrogens is 2. The molecule has 2 rings (SSSR count). The topological polar surface area (TPSA) is 73.1 Å². The van der Waals surface area contributed by atoms with Crippen LogP contribution in [0.1, 0.15) is 50.4 Å². The van der Waals surface area contributed by atoms with Crippen molar-refractivity contribution in [2.75, 3.05) is 5.43 Å². The van der Waals surface area contributed by atoms with Gasteiger partial charge in [-0.25, -0.2) is 10.8 Å². The van der Waals surface area contributed by atoms with Crippen molar-refractivity contribution < 1.29 is 4.74 Å². The second-order valence-electron chi connectivity index (χ2n) is 4.62. The molecule has 0 aromatic carbocycles. The summed E-state index contributed by atoms with van der Waals surface area (Å²) in [7, 11) is 0. The van der Waals surface area contributed by atoms with E-state index in [9.17, 15) is 0 Å². The molecule has 0 spiro atoms. The number of nitrogens with two attached hydrogens (primary N) is 1. The highest BCUT2D eigenvalue weighted by atomic mass is 16.5. The van der Waals surface area contributed by atoms with Crippen LogP contribution in [0.2, 0.25) is 0 Å². The number of nitrogens with zero attached hydrogens (tertiary/aromatic N) is 2. The Morgan fingerprint density at radius 2 is 2.18 bits per heavy atom. The van der Waals surface area contributed by atoms with Crippen molar-refractivity contribution in [3.8, 4) is 5.88 Å². The van der Waals surface area contributed by atoms with Crippen molar-refractivity contribution in [2.45, 2.75) is 52.1 Å². The number of hydrogen-bond acceptors (Lipinski definition) is 5. The van der Waals surface area contributed by atoms with Gasteiger partial charge >= 0.3 is 0 Å². The van der Waals surface area contributed by atoms with Crippen LogP contribution in [0.5, 0.6) is 5.88 Å². The van der Waals surface area contributed by atoms with Crippen LogP contribution in [-0.4, -0.2) is 16.1 Å². The molecule has 1 heterocycles. The van der Waals surface area contributed by atoms with Gasteiger partial charge in [0.2, 0.25) is 5.88 Å². The third-order valence-corrected chi connectivity index (χ3v) is 3.09. The van der Waals surface area contributed by atoms with E-state index in [4.69, 9.17) is 10.6 Å². The molecule has 1 unspecified atom stereocenters. The van der Waals surface area contributed by atoms with Crippen molar-refractivity contribution in [2.24, 2.45) is 5.84 Å². The summed E-state index contributed by atoms with van der Waals surface area (Å²) in [4.78, 5) is 8.92. The molecule has 1 aromatic heterocycles. The normalized spacial score (nSPS) is 16.7. The van der Waals surface area contributed by atoms with Gasteiger partial charge in [0.15, 0.2) is 0 Å². The lowest BCUT2D eigenvalue weighted by Crippen LogP contribution is -2.16. The number of anilines is 1. The van der Waals surface area contributed by atoms with Gasteiger partial charge in [0.1, 0.15) is 11.6 Å². The van der Waals surface area contributed by atoms with Gasteiger partial charge in [-0.15, -0.1) is 0 Å². The zero-order valence-electron chi connectivity index (χ0n) is 10.7. The van der Waals surface area contributed by atoms with Gasteiger partial charge in [0, 0.05) is 5.92 Å². The lowest BCUT2D eigenvalue weighted by atomic mass is 10.3. The van der Waals surface area contributed by atoms with Crippen molar-refractivity contribution in [3.63, 3.8) is 0 Å². The van der Waals surface area contributed by atoms with Gasteiger partial charge < -0.3 is 10.2 Å². The standard InChI is InChI=1S/C12H20N4O/c1-4-7(2)17-12-8(3)10(16-13)14-11(15-12)9-5-6-9/h7,9H,4-6,13H2,1-3H3,(H,14,15,16). The van der Waals surface area contributed by atoms with Crippen molar-refractivity contribution in [3.05, 3.63) is 11.4 Å². The van der Waals surface area contributed by atoms with E-state index in [2.05, 4.69) is 22.3 Å². The second-order valence-corrected chi connectivity index (χ2v) is 4.62. The van der Waals surface area contributed by atoms with Crippen LogP contribution in [0, 0.1) is 6.92 Å². The summed E-state index contributed by atoms with van der Waals surface area (Å²) in [6, 6.07) is 0. The van der Waals surface area contributed by atoms with Crippen LogP contribution in [0.4, 0.5) is 5.82 Å². The molecule has 1 saturated carbocycles. The number of nitrogen functional groups attached to an aromatic ring is 1. The van der Waals surface area contributed by atoms with Gasteiger partial charge in [-0.05, 0) is 33.1 Å². The maximum absolute atomic E-state index is 5.81. The van der Waals surface area contributed by atoms with E-state index in [1.807, 2.05) is 13.8 Å². The third-order valence-electron chi connectivity index (χ3n) is 3.09. The number of ether oxygens (including phenoxy) is 1. The minimum Gasteiger partial charge on any atom is -0.474 e. The average molecular weight is 236 g/mol. The summed E-state index contributed by atoms with van der Waals surface area (Å²) in [6.45, 7) is 6.04. The quantitative estimate of drug-likeness (QED) is 0.605. The van der Waals surface area contributed by atoms with E-state index in [-0.39, 0.29) is 6.10 Å². The average Bonchev–Trinajstić information content (AvgIpc) is 3.15. The maximum Gasteiger partial charge on any atom is 0.222 e. The number of nitrogens with one attached hydrogen (secondary N) is 1. The monoisotopic (exact) mass is 236 g/mol. The van der Waals surface area contributed by atoms with Gasteiger partial charge in [0.05, 0.1) is 11.7 Å². The van der Waals surface area contributed by atoms with Gasteiger partial charge in [-0.3, -0.25) is 0 Å². The molecule has 0 radical (unpaired) electrons.